The number of hydrogen-bond donors (Lipinski definition) is 1. The van der Waals surface area contributed by atoms with Crippen molar-refractivity contribution in [1.29, 1.82) is 0 Å². The van der Waals surface area contributed by atoms with E-state index in [-0.39, 0.29) is 31.6 Å². The number of amides is 1. The first-order chi connectivity index (χ1) is 13.2. The molecule has 1 amide bonds. The molecule has 2 rings (SSSR count). The molecule has 0 aliphatic rings. The quantitative estimate of drug-likeness (QED) is 0.524. The maximum absolute atomic E-state index is 13.4. The lowest BCUT2D eigenvalue weighted by Gasteiger charge is -2.28. The highest BCUT2D eigenvalue weighted by atomic mass is 35.5. The van der Waals surface area contributed by atoms with Crippen molar-refractivity contribution in [3.63, 3.8) is 0 Å². The average molecular weight is 488 g/mol. The molecule has 4 nitrogen and oxygen atoms in total. The van der Waals surface area contributed by atoms with E-state index in [1.165, 1.54) is 25.6 Å². The minimum atomic E-state index is -6.50. The molecule has 0 radical (unpaired) electrons. The van der Waals surface area contributed by atoms with Crippen LogP contribution in [0.15, 0.2) is 6.07 Å². The molecule has 1 heterocycles. The van der Waals surface area contributed by atoms with E-state index in [1.54, 1.807) is 0 Å². The smallest absolute Gasteiger partial charge is 0.459 e. The molecule has 0 saturated heterocycles. The van der Waals surface area contributed by atoms with E-state index in [0.29, 0.717) is 11.3 Å². The predicted molar refractivity (Wildman–Crippen MR) is 93.2 cm³/mol. The minimum absolute atomic E-state index is 0.0178. The maximum atomic E-state index is 13.4. The zero-order valence-electron chi connectivity index (χ0n) is 14.3. The Kier molecular flexibility index (Phi) is 6.41. The van der Waals surface area contributed by atoms with Crippen LogP contribution in [0.3, 0.4) is 0 Å². The first-order valence-corrected chi connectivity index (χ1v) is 8.89. The molecule has 2 aromatic rings. The molecule has 1 N–H and O–H groups in total. The molecular formula is C15H10Cl2F7NO3S. The number of methoxy groups -OCH3 is 2. The molecule has 0 saturated carbocycles. The molecule has 0 fully saturated rings. The topological polar surface area (TPSA) is 47.6 Å². The van der Waals surface area contributed by atoms with E-state index in [1.807, 2.05) is 0 Å². The molecule has 1 aromatic heterocycles. The number of alkyl halides is 7. The van der Waals surface area contributed by atoms with Crippen LogP contribution in [-0.2, 0) is 0 Å². The number of hydrogen-bond acceptors (Lipinski definition) is 4. The monoisotopic (exact) mass is 487 g/mol. The van der Waals surface area contributed by atoms with Crippen LogP contribution in [0.4, 0.5) is 30.7 Å². The summed E-state index contributed by atoms with van der Waals surface area (Å²) >= 11 is 12.7. The van der Waals surface area contributed by atoms with Gasteiger partial charge in [-0.1, -0.05) is 23.2 Å². The van der Waals surface area contributed by atoms with Crippen molar-refractivity contribution in [1.82, 2.24) is 5.32 Å². The molecule has 0 aliphatic carbocycles. The van der Waals surface area contributed by atoms with Crippen LogP contribution < -0.4 is 14.8 Å². The van der Waals surface area contributed by atoms with Gasteiger partial charge in [-0.3, -0.25) is 4.79 Å². The van der Waals surface area contributed by atoms with E-state index in [9.17, 15) is 35.5 Å². The van der Waals surface area contributed by atoms with Crippen molar-refractivity contribution in [2.45, 2.75) is 18.0 Å². The highest BCUT2D eigenvalue weighted by Gasteiger charge is 2.72. The van der Waals surface area contributed by atoms with Gasteiger partial charge >= 0.3 is 18.0 Å². The number of carbonyl (C=O) groups is 1. The van der Waals surface area contributed by atoms with Gasteiger partial charge in [-0.05, 0) is 6.07 Å². The van der Waals surface area contributed by atoms with Gasteiger partial charge in [0.1, 0.15) is 4.88 Å². The lowest BCUT2D eigenvalue weighted by Crippen LogP contribution is -2.56. The first kappa shape index (κ1) is 23.6. The Balaban J connectivity index is 2.39. The average Bonchev–Trinajstić information content (AvgIpc) is 2.93. The fraction of sp³-hybridized carbons (Fsp3) is 0.400. The zero-order chi connectivity index (χ0) is 22.4. The summed E-state index contributed by atoms with van der Waals surface area (Å²) in [4.78, 5) is 11.7. The summed E-state index contributed by atoms with van der Waals surface area (Å²) in [6.07, 6.45) is -6.50. The van der Waals surface area contributed by atoms with Crippen molar-refractivity contribution in [2.24, 2.45) is 0 Å². The SMILES string of the molecule is COc1c(Cl)cc2sc(C(=O)NCC(F)(F)C(F)(F)C(F)(F)F)c(Cl)c2c1OC. The molecule has 1 aromatic carbocycles. The van der Waals surface area contributed by atoms with E-state index < -0.39 is 35.4 Å². The number of benzene rings is 1. The van der Waals surface area contributed by atoms with Crippen LogP contribution in [0.5, 0.6) is 11.5 Å². The van der Waals surface area contributed by atoms with Crippen molar-refractivity contribution in [3.05, 3.63) is 21.0 Å². The second-order valence-electron chi connectivity index (χ2n) is 5.50. The Morgan fingerprint density at radius 3 is 2.10 bits per heavy atom. The predicted octanol–water partition coefficient (Wildman–Crippen LogP) is 5.79. The highest BCUT2D eigenvalue weighted by Crippen LogP contribution is 2.49. The van der Waals surface area contributed by atoms with Crippen LogP contribution in [0, 0.1) is 0 Å². The van der Waals surface area contributed by atoms with E-state index in [4.69, 9.17) is 32.7 Å². The molecule has 0 bridgehead atoms. The van der Waals surface area contributed by atoms with Crippen molar-refractivity contribution in [2.75, 3.05) is 20.8 Å². The van der Waals surface area contributed by atoms with Crippen molar-refractivity contribution < 1.29 is 45.0 Å². The summed E-state index contributed by atoms with van der Waals surface area (Å²) in [6, 6.07) is 1.33. The number of thiophene rings is 1. The molecule has 0 aliphatic heterocycles. The van der Waals surface area contributed by atoms with Crippen molar-refractivity contribution >= 4 is 50.5 Å². The summed E-state index contributed by atoms with van der Waals surface area (Å²) in [6.45, 7) is -2.27. The van der Waals surface area contributed by atoms with Gasteiger partial charge in [-0.15, -0.1) is 11.3 Å². The molecule has 162 valence electrons. The van der Waals surface area contributed by atoms with Crippen molar-refractivity contribution in [3.8, 4) is 11.5 Å². The molecule has 0 spiro atoms. The summed E-state index contributed by atoms with van der Waals surface area (Å²) in [5.74, 6) is -13.2. The lowest BCUT2D eigenvalue weighted by atomic mass is 10.1. The first-order valence-electron chi connectivity index (χ1n) is 7.32. The Labute approximate surface area is 172 Å². The molecular weight excluding hydrogens is 478 g/mol. The van der Waals surface area contributed by atoms with Gasteiger partial charge in [0.15, 0.2) is 11.5 Å². The van der Waals surface area contributed by atoms with Crippen LogP contribution in [0.2, 0.25) is 10.0 Å². The minimum Gasteiger partial charge on any atom is -0.492 e. The largest absolute Gasteiger partial charge is 0.492 e. The summed E-state index contributed by atoms with van der Waals surface area (Å²) in [7, 11) is 2.51. The number of halogens is 9. The third-order valence-electron chi connectivity index (χ3n) is 3.69. The maximum Gasteiger partial charge on any atom is 0.459 e. The molecule has 14 heteroatoms. The van der Waals surface area contributed by atoms with Crippen LogP contribution in [-0.4, -0.2) is 44.7 Å². The number of carbonyl (C=O) groups excluding carboxylic acids is 1. The Morgan fingerprint density at radius 2 is 1.62 bits per heavy atom. The third kappa shape index (κ3) is 4.02. The highest BCUT2D eigenvalue weighted by molar-refractivity contribution is 7.21. The summed E-state index contributed by atoms with van der Waals surface area (Å²) in [5, 5.41) is 1.24. The second kappa shape index (κ2) is 7.88. The standard InChI is InChI=1S/C15H10Cl2F7NO3S/c1-27-9-5(16)3-6-7(10(9)28-2)8(17)11(29-6)12(26)25-4-13(18,19)14(20,21)15(22,23)24/h3H,4H2,1-2H3,(H,25,26). The van der Waals surface area contributed by atoms with Gasteiger partial charge in [-0.2, -0.15) is 30.7 Å². The lowest BCUT2D eigenvalue weighted by molar-refractivity contribution is -0.352. The van der Waals surface area contributed by atoms with E-state index in [0.717, 1.165) is 0 Å². The van der Waals surface area contributed by atoms with Gasteiger partial charge < -0.3 is 14.8 Å². The number of rotatable bonds is 6. The Morgan fingerprint density at radius 1 is 1.07 bits per heavy atom. The zero-order valence-corrected chi connectivity index (χ0v) is 16.6. The van der Waals surface area contributed by atoms with Gasteiger partial charge in [0.2, 0.25) is 0 Å². The Bertz CT molecular complexity index is 946. The van der Waals surface area contributed by atoms with E-state index >= 15 is 0 Å². The molecule has 29 heavy (non-hydrogen) atoms. The molecule has 0 unspecified atom stereocenters. The van der Waals surface area contributed by atoms with Gasteiger partial charge in [0.05, 0.1) is 36.2 Å². The normalized spacial score (nSPS) is 12.9. The van der Waals surface area contributed by atoms with Gasteiger partial charge in [0.25, 0.3) is 5.91 Å². The van der Waals surface area contributed by atoms with Crippen LogP contribution in [0.25, 0.3) is 10.1 Å². The molecule has 0 atom stereocenters. The van der Waals surface area contributed by atoms with Crippen LogP contribution in [0.1, 0.15) is 9.67 Å². The number of ether oxygens (including phenoxy) is 2. The van der Waals surface area contributed by atoms with Gasteiger partial charge in [-0.25, -0.2) is 0 Å². The summed E-state index contributed by atoms with van der Waals surface area (Å²) in [5.41, 5.74) is 0. The van der Waals surface area contributed by atoms with Gasteiger partial charge in [0, 0.05) is 4.70 Å². The number of nitrogens with one attached hydrogen (secondary N) is 1. The third-order valence-corrected chi connectivity index (χ3v) is 5.59. The fourth-order valence-electron chi connectivity index (χ4n) is 2.26. The number of fused-ring (bicyclic) bond motifs is 1. The van der Waals surface area contributed by atoms with E-state index in [2.05, 4.69) is 0 Å². The van der Waals surface area contributed by atoms with Crippen LogP contribution >= 0.6 is 34.5 Å². The second-order valence-corrected chi connectivity index (χ2v) is 7.34. The summed E-state index contributed by atoms with van der Waals surface area (Å²) < 4.78 is 99.6. The Hall–Kier alpha value is -1.66. The fourth-order valence-corrected chi connectivity index (χ4v) is 4.10.